The van der Waals surface area contributed by atoms with Crippen molar-refractivity contribution in [1.29, 1.82) is 0 Å². The zero-order chi connectivity index (χ0) is 30.6. The van der Waals surface area contributed by atoms with Gasteiger partial charge in [0.25, 0.3) is 0 Å². The van der Waals surface area contributed by atoms with Crippen LogP contribution in [-0.2, 0) is 12.8 Å². The van der Waals surface area contributed by atoms with Crippen molar-refractivity contribution in [2.45, 2.75) is 95.2 Å². The van der Waals surface area contributed by atoms with Crippen molar-refractivity contribution in [3.05, 3.63) is 81.9 Å². The Morgan fingerprint density at radius 3 is 1.50 bits per heavy atom. The molecule has 0 saturated heterocycles. The lowest BCUT2D eigenvalue weighted by molar-refractivity contribution is -0.228. The fourth-order valence-electron chi connectivity index (χ4n) is 5.12. The lowest BCUT2D eigenvalue weighted by Crippen LogP contribution is -2.66. The summed E-state index contributed by atoms with van der Waals surface area (Å²) in [4.78, 5) is 0. The highest BCUT2D eigenvalue weighted by Crippen LogP contribution is 2.36. The van der Waals surface area contributed by atoms with E-state index in [1.807, 2.05) is 0 Å². The Bertz CT molecular complexity index is 1140. The molecule has 5 atom stereocenters. The van der Waals surface area contributed by atoms with Gasteiger partial charge in [0.15, 0.2) is 0 Å². The minimum atomic E-state index is -2.90. The summed E-state index contributed by atoms with van der Waals surface area (Å²) in [6.07, 6.45) is -5.68. The summed E-state index contributed by atoms with van der Waals surface area (Å²) in [7, 11) is 0. The molecule has 0 spiro atoms. The summed E-state index contributed by atoms with van der Waals surface area (Å²) >= 11 is 0. The molecular weight excluding hydrogens is 532 g/mol. The van der Waals surface area contributed by atoms with Crippen LogP contribution in [0.2, 0.25) is 0 Å². The Morgan fingerprint density at radius 1 is 0.750 bits per heavy atom. The highest BCUT2D eigenvalue weighted by molar-refractivity contribution is 5.32. The molecule has 0 aliphatic heterocycles. The third-order valence-corrected chi connectivity index (χ3v) is 7.18. The van der Waals surface area contributed by atoms with Crippen LogP contribution < -0.4 is 0 Å². The maximum Gasteiger partial charge on any atom is 0.129 e. The maximum atomic E-state index is 14.8. The van der Waals surface area contributed by atoms with Crippen LogP contribution in [0.4, 0.5) is 17.6 Å². The molecule has 6 nitrogen and oxygen atoms in total. The van der Waals surface area contributed by atoms with E-state index in [4.69, 9.17) is 0 Å². The minimum Gasteiger partial charge on any atom is -0.394 e. The maximum absolute atomic E-state index is 14.8. The largest absolute Gasteiger partial charge is 0.394 e. The molecule has 0 heterocycles. The molecule has 0 amide bonds. The van der Waals surface area contributed by atoms with E-state index in [1.54, 1.807) is 34.6 Å². The van der Waals surface area contributed by atoms with Crippen molar-refractivity contribution >= 4 is 0 Å². The number of halogens is 4. The van der Waals surface area contributed by atoms with E-state index in [2.05, 4.69) is 0 Å². The number of aliphatic hydroxyl groups excluding tert-OH is 4. The van der Waals surface area contributed by atoms with Crippen molar-refractivity contribution in [1.82, 2.24) is 0 Å². The minimum absolute atomic E-state index is 0.0802. The first-order chi connectivity index (χ1) is 18.5. The average molecular weight is 573 g/mol. The lowest BCUT2D eigenvalue weighted by Gasteiger charge is -2.46. The van der Waals surface area contributed by atoms with Crippen LogP contribution in [0.5, 0.6) is 0 Å². The Hall–Kier alpha value is -2.34. The van der Waals surface area contributed by atoms with Crippen LogP contribution in [0.15, 0.2) is 36.4 Å². The second-order valence-electron chi connectivity index (χ2n) is 11.1. The van der Waals surface area contributed by atoms with Crippen molar-refractivity contribution < 1.29 is 48.2 Å². The summed E-state index contributed by atoms with van der Waals surface area (Å²) in [5, 5.41) is 65.2. The number of allylic oxidation sites excluding steroid dienone is 1. The summed E-state index contributed by atoms with van der Waals surface area (Å²) < 4.78 is 59.0. The van der Waals surface area contributed by atoms with Gasteiger partial charge in [0.1, 0.15) is 52.8 Å². The molecule has 0 saturated carbocycles. The van der Waals surface area contributed by atoms with E-state index in [1.165, 1.54) is 12.2 Å². The second-order valence-corrected chi connectivity index (χ2v) is 11.1. The molecule has 0 aromatic heterocycles. The fourth-order valence-corrected chi connectivity index (χ4v) is 5.12. The van der Waals surface area contributed by atoms with Crippen LogP contribution in [-0.4, -0.2) is 66.8 Å². The van der Waals surface area contributed by atoms with Crippen LogP contribution >= 0.6 is 0 Å². The van der Waals surface area contributed by atoms with Gasteiger partial charge in [0.2, 0.25) is 0 Å². The summed E-state index contributed by atoms with van der Waals surface area (Å²) in [5.74, 6) is -4.65. The Balaban J connectivity index is 2.66. The highest BCUT2D eigenvalue weighted by atomic mass is 19.1. The molecule has 0 aliphatic rings. The molecule has 0 bridgehead atoms. The quantitative estimate of drug-likeness (QED) is 0.161. The predicted octanol–water partition coefficient (Wildman–Crippen LogP) is 3.78. The Kier molecular flexibility index (Phi) is 11.5. The Labute approximate surface area is 232 Å². The van der Waals surface area contributed by atoms with E-state index in [9.17, 15) is 48.2 Å². The summed E-state index contributed by atoms with van der Waals surface area (Å²) in [5.41, 5.74) is -6.01. The van der Waals surface area contributed by atoms with Crippen LogP contribution in [0.25, 0.3) is 0 Å². The van der Waals surface area contributed by atoms with E-state index < -0.39 is 84.1 Å². The topological polar surface area (TPSA) is 121 Å². The normalized spacial score (nSPS) is 17.7. The standard InChI is InChI=1S/C30H40F4O6/c1-6-7-8-29(39,13-18-9-20(31)25(16(2)3)21(32)10-18)28(38)30(40,27(37)24(36)15-35)14-19-11-22(33)26(17(4)5)23(34)12-19/h6-7,9-12,16-17,24,27-28,35-40H,8,13-15H2,1-5H3/b7-6+/t24-,27+,28+,29?,30+/m0/s1. The van der Waals surface area contributed by atoms with Gasteiger partial charge in [-0.1, -0.05) is 39.8 Å². The van der Waals surface area contributed by atoms with Gasteiger partial charge in [-0.15, -0.1) is 0 Å². The van der Waals surface area contributed by atoms with Crippen molar-refractivity contribution in [3.8, 4) is 0 Å². The van der Waals surface area contributed by atoms with Gasteiger partial charge in [0, 0.05) is 24.0 Å². The first kappa shape index (κ1) is 33.9. The van der Waals surface area contributed by atoms with E-state index in [0.29, 0.717) is 0 Å². The molecule has 1 unspecified atom stereocenters. The molecule has 224 valence electrons. The van der Waals surface area contributed by atoms with Crippen molar-refractivity contribution in [3.63, 3.8) is 0 Å². The second kappa shape index (κ2) is 13.5. The van der Waals surface area contributed by atoms with Gasteiger partial charge in [-0.2, -0.15) is 0 Å². The molecule has 0 radical (unpaired) electrons. The molecule has 2 aromatic carbocycles. The monoisotopic (exact) mass is 572 g/mol. The van der Waals surface area contributed by atoms with E-state index >= 15 is 0 Å². The zero-order valence-corrected chi connectivity index (χ0v) is 23.4. The number of hydrogen-bond acceptors (Lipinski definition) is 6. The average Bonchev–Trinajstić information content (AvgIpc) is 2.84. The molecule has 10 heteroatoms. The third kappa shape index (κ3) is 7.29. The summed E-state index contributed by atoms with van der Waals surface area (Å²) in [6, 6.07) is 3.77. The number of benzene rings is 2. The van der Waals surface area contributed by atoms with Crippen molar-refractivity contribution in [2.24, 2.45) is 0 Å². The van der Waals surface area contributed by atoms with E-state index in [-0.39, 0.29) is 28.7 Å². The first-order valence-electron chi connectivity index (χ1n) is 13.2. The highest BCUT2D eigenvalue weighted by Gasteiger charge is 2.54. The predicted molar refractivity (Wildman–Crippen MR) is 143 cm³/mol. The molecule has 2 rings (SSSR count). The molecule has 0 fully saturated rings. The molecule has 0 aliphatic carbocycles. The number of aliphatic hydroxyl groups is 6. The smallest absolute Gasteiger partial charge is 0.129 e. The van der Waals surface area contributed by atoms with Gasteiger partial charge in [-0.25, -0.2) is 17.6 Å². The number of rotatable bonds is 13. The van der Waals surface area contributed by atoms with E-state index in [0.717, 1.165) is 24.3 Å². The number of hydrogen-bond donors (Lipinski definition) is 6. The van der Waals surface area contributed by atoms with Crippen molar-refractivity contribution in [2.75, 3.05) is 6.61 Å². The lowest BCUT2D eigenvalue weighted by atomic mass is 9.71. The SMILES string of the molecule is C/C=C/CC(O)(Cc1cc(F)c(C(C)C)c(F)c1)[C@@H](O)[C@@](O)(Cc1cc(F)c(C(C)C)c(F)c1)[C@H](O)[C@@H](O)CO. The van der Waals surface area contributed by atoms with Gasteiger partial charge in [-0.3, -0.25) is 0 Å². The van der Waals surface area contributed by atoms with Gasteiger partial charge in [0.05, 0.1) is 6.61 Å². The molecule has 6 N–H and O–H groups in total. The van der Waals surface area contributed by atoms with Crippen LogP contribution in [0.1, 0.15) is 75.1 Å². The van der Waals surface area contributed by atoms with Crippen LogP contribution in [0.3, 0.4) is 0 Å². The van der Waals surface area contributed by atoms with Gasteiger partial charge < -0.3 is 30.6 Å². The first-order valence-corrected chi connectivity index (χ1v) is 13.2. The zero-order valence-electron chi connectivity index (χ0n) is 23.4. The molecular formula is C30H40F4O6. The molecule has 2 aromatic rings. The summed E-state index contributed by atoms with van der Waals surface area (Å²) in [6.45, 7) is 6.88. The molecule has 40 heavy (non-hydrogen) atoms. The van der Waals surface area contributed by atoms with Gasteiger partial charge in [-0.05, 0) is 60.6 Å². The Morgan fingerprint density at radius 2 is 1.15 bits per heavy atom. The fraction of sp³-hybridized carbons (Fsp3) is 0.533. The third-order valence-electron chi connectivity index (χ3n) is 7.18. The van der Waals surface area contributed by atoms with Gasteiger partial charge >= 0.3 is 0 Å². The van der Waals surface area contributed by atoms with Crippen LogP contribution in [0, 0.1) is 23.3 Å².